The Morgan fingerprint density at radius 2 is 2.11 bits per heavy atom. The summed E-state index contributed by atoms with van der Waals surface area (Å²) in [6.45, 7) is 0. The van der Waals surface area contributed by atoms with Gasteiger partial charge in [0.2, 0.25) is 0 Å². The Morgan fingerprint density at radius 1 is 1.22 bits per heavy atom. The van der Waals surface area contributed by atoms with E-state index in [2.05, 4.69) is 9.97 Å². The number of carbonyl (C=O) groups excluding carboxylic acids is 1. The van der Waals surface area contributed by atoms with Crippen molar-refractivity contribution in [1.29, 1.82) is 0 Å². The molecule has 0 spiro atoms. The number of carbonyl (C=O) groups is 1. The van der Waals surface area contributed by atoms with Gasteiger partial charge < -0.3 is 4.98 Å². The molecule has 0 saturated heterocycles. The van der Waals surface area contributed by atoms with Gasteiger partial charge in [-0.15, -0.1) is 0 Å². The number of benzene rings is 1. The first-order valence-electron chi connectivity index (χ1n) is 5.47. The van der Waals surface area contributed by atoms with Crippen LogP contribution in [-0.2, 0) is 0 Å². The van der Waals surface area contributed by atoms with Crippen LogP contribution in [-0.4, -0.2) is 16.3 Å². The largest absolute Gasteiger partial charge is 0.353 e. The van der Waals surface area contributed by atoms with E-state index in [1.807, 2.05) is 24.3 Å². The van der Waals surface area contributed by atoms with Crippen LogP contribution in [0, 0.1) is 0 Å². The van der Waals surface area contributed by atoms with Crippen LogP contribution in [0.3, 0.4) is 0 Å². The lowest BCUT2D eigenvalue weighted by Gasteiger charge is -1.97. The molecular formula is C14H9ClN2O. The minimum atomic E-state index is 0.589. The van der Waals surface area contributed by atoms with Gasteiger partial charge in [-0.2, -0.15) is 0 Å². The van der Waals surface area contributed by atoms with E-state index in [0.717, 1.165) is 28.6 Å². The van der Waals surface area contributed by atoms with Crippen LogP contribution in [0.25, 0.3) is 22.3 Å². The molecule has 3 nitrogen and oxygen atoms in total. The molecule has 0 aliphatic heterocycles. The lowest BCUT2D eigenvalue weighted by atomic mass is 10.1. The summed E-state index contributed by atoms with van der Waals surface area (Å²) < 4.78 is 0. The van der Waals surface area contributed by atoms with Gasteiger partial charge in [0.15, 0.2) is 6.29 Å². The molecule has 0 amide bonds. The van der Waals surface area contributed by atoms with Crippen molar-refractivity contribution in [3.05, 3.63) is 53.2 Å². The van der Waals surface area contributed by atoms with Crippen LogP contribution in [0.2, 0.25) is 5.02 Å². The van der Waals surface area contributed by atoms with Crippen molar-refractivity contribution in [1.82, 2.24) is 9.97 Å². The van der Waals surface area contributed by atoms with E-state index in [1.165, 1.54) is 0 Å². The Balaban J connectivity index is 2.33. The summed E-state index contributed by atoms with van der Waals surface area (Å²) >= 11 is 5.96. The summed E-state index contributed by atoms with van der Waals surface area (Å²) in [4.78, 5) is 18.8. The zero-order chi connectivity index (χ0) is 12.5. The molecule has 3 rings (SSSR count). The molecule has 0 unspecified atom stereocenters. The Morgan fingerprint density at radius 3 is 2.83 bits per heavy atom. The van der Waals surface area contributed by atoms with Gasteiger partial charge in [0.05, 0.1) is 11.4 Å². The molecule has 1 N–H and O–H groups in total. The molecule has 2 heterocycles. The van der Waals surface area contributed by atoms with E-state index in [0.29, 0.717) is 10.6 Å². The summed E-state index contributed by atoms with van der Waals surface area (Å²) in [5, 5.41) is 1.43. The fourth-order valence-corrected chi connectivity index (χ4v) is 2.19. The number of aldehydes is 1. The van der Waals surface area contributed by atoms with Crippen LogP contribution in [0.15, 0.2) is 42.6 Å². The number of nitrogens with one attached hydrogen (secondary N) is 1. The number of aromatic amines is 1. The van der Waals surface area contributed by atoms with E-state index < -0.39 is 0 Å². The van der Waals surface area contributed by atoms with Crippen LogP contribution in [0.1, 0.15) is 10.4 Å². The van der Waals surface area contributed by atoms with Crippen LogP contribution < -0.4 is 0 Å². The monoisotopic (exact) mass is 256 g/mol. The fraction of sp³-hybridized carbons (Fsp3) is 0. The van der Waals surface area contributed by atoms with Gasteiger partial charge in [0.1, 0.15) is 0 Å². The number of halogens is 1. The quantitative estimate of drug-likeness (QED) is 0.711. The second-order valence-corrected chi connectivity index (χ2v) is 4.37. The number of H-pyrrole nitrogens is 1. The highest BCUT2D eigenvalue weighted by Gasteiger charge is 2.13. The van der Waals surface area contributed by atoms with Gasteiger partial charge in [-0.05, 0) is 30.3 Å². The number of aromatic nitrogens is 2. The highest BCUT2D eigenvalue weighted by atomic mass is 35.5. The predicted octanol–water partition coefficient (Wildman–Crippen LogP) is 3.70. The summed E-state index contributed by atoms with van der Waals surface area (Å²) in [6.07, 6.45) is 2.53. The zero-order valence-electron chi connectivity index (χ0n) is 9.35. The SMILES string of the molecule is O=Cc1c(-c2ccccn2)[nH]c2ccc(Cl)cc12. The molecule has 1 aromatic carbocycles. The molecule has 2 aromatic heterocycles. The van der Waals surface area contributed by atoms with Crippen molar-refractivity contribution in [2.75, 3.05) is 0 Å². The highest BCUT2D eigenvalue weighted by Crippen LogP contribution is 2.29. The average molecular weight is 257 g/mol. The molecule has 4 heteroatoms. The smallest absolute Gasteiger partial charge is 0.152 e. The van der Waals surface area contributed by atoms with Crippen molar-refractivity contribution in [2.45, 2.75) is 0 Å². The van der Waals surface area contributed by atoms with Gasteiger partial charge in [-0.3, -0.25) is 9.78 Å². The van der Waals surface area contributed by atoms with Gasteiger partial charge >= 0.3 is 0 Å². The lowest BCUT2D eigenvalue weighted by Crippen LogP contribution is -1.86. The first kappa shape index (κ1) is 11.0. The molecule has 0 radical (unpaired) electrons. The van der Waals surface area contributed by atoms with E-state index in [-0.39, 0.29) is 0 Å². The van der Waals surface area contributed by atoms with Gasteiger partial charge in [0.25, 0.3) is 0 Å². The Labute approximate surface area is 108 Å². The Hall–Kier alpha value is -2.13. The molecule has 3 aromatic rings. The molecule has 0 bridgehead atoms. The third kappa shape index (κ3) is 1.69. The summed E-state index contributed by atoms with van der Waals surface area (Å²) in [5.41, 5.74) is 2.93. The standard InChI is InChI=1S/C14H9ClN2O/c15-9-4-5-12-10(7-9)11(8-18)14(17-12)13-3-1-2-6-16-13/h1-8,17H. The maximum absolute atomic E-state index is 11.3. The van der Waals surface area contributed by atoms with Crippen LogP contribution in [0.4, 0.5) is 0 Å². The second-order valence-electron chi connectivity index (χ2n) is 3.94. The second kappa shape index (κ2) is 4.27. The van der Waals surface area contributed by atoms with E-state index in [1.54, 1.807) is 18.3 Å². The predicted molar refractivity (Wildman–Crippen MR) is 71.9 cm³/mol. The average Bonchev–Trinajstić information content (AvgIpc) is 2.77. The zero-order valence-corrected chi connectivity index (χ0v) is 10.1. The summed E-state index contributed by atoms with van der Waals surface area (Å²) in [5.74, 6) is 0. The number of hydrogen-bond donors (Lipinski definition) is 1. The van der Waals surface area contributed by atoms with Crippen molar-refractivity contribution in [2.24, 2.45) is 0 Å². The van der Waals surface area contributed by atoms with Gasteiger partial charge in [-0.25, -0.2) is 0 Å². The maximum Gasteiger partial charge on any atom is 0.152 e. The third-order valence-corrected chi connectivity index (χ3v) is 3.07. The summed E-state index contributed by atoms with van der Waals surface area (Å²) in [6, 6.07) is 11.0. The number of pyridine rings is 1. The third-order valence-electron chi connectivity index (χ3n) is 2.84. The number of hydrogen-bond acceptors (Lipinski definition) is 2. The first-order valence-corrected chi connectivity index (χ1v) is 5.85. The lowest BCUT2D eigenvalue weighted by molar-refractivity contribution is 0.112. The molecule has 0 saturated carbocycles. The summed E-state index contributed by atoms with van der Waals surface area (Å²) in [7, 11) is 0. The van der Waals surface area contributed by atoms with Gasteiger partial charge in [0, 0.05) is 27.7 Å². The van der Waals surface area contributed by atoms with Crippen molar-refractivity contribution in [3.63, 3.8) is 0 Å². The molecule has 18 heavy (non-hydrogen) atoms. The Bertz CT molecular complexity index is 719. The topological polar surface area (TPSA) is 45.8 Å². The van der Waals surface area contributed by atoms with Crippen molar-refractivity contribution >= 4 is 28.8 Å². The van der Waals surface area contributed by atoms with Crippen molar-refractivity contribution < 1.29 is 4.79 Å². The van der Waals surface area contributed by atoms with Crippen LogP contribution in [0.5, 0.6) is 0 Å². The minimum absolute atomic E-state index is 0.589. The molecule has 0 aliphatic carbocycles. The molecule has 0 fully saturated rings. The maximum atomic E-state index is 11.3. The normalized spacial score (nSPS) is 10.7. The molecule has 88 valence electrons. The van der Waals surface area contributed by atoms with Crippen LogP contribution >= 0.6 is 11.6 Å². The first-order chi connectivity index (χ1) is 8.79. The van der Waals surface area contributed by atoms with Crippen molar-refractivity contribution in [3.8, 4) is 11.4 Å². The molecule has 0 aliphatic rings. The molecule has 0 atom stereocenters. The fourth-order valence-electron chi connectivity index (χ4n) is 2.02. The number of fused-ring (bicyclic) bond motifs is 1. The van der Waals surface area contributed by atoms with E-state index in [4.69, 9.17) is 11.6 Å². The molecular weight excluding hydrogens is 248 g/mol. The minimum Gasteiger partial charge on any atom is -0.353 e. The highest BCUT2D eigenvalue weighted by molar-refractivity contribution is 6.31. The number of rotatable bonds is 2. The van der Waals surface area contributed by atoms with Gasteiger partial charge in [-0.1, -0.05) is 17.7 Å². The van der Waals surface area contributed by atoms with E-state index >= 15 is 0 Å². The number of nitrogens with zero attached hydrogens (tertiary/aromatic N) is 1. The Kier molecular flexibility index (Phi) is 2.61. The van der Waals surface area contributed by atoms with E-state index in [9.17, 15) is 4.79 Å².